The standard InChI is InChI=1S/C17H15FN4O/c1-8-15(11(4)23-21-8)13-5-12(18)6-14-16(13)20-10(3)17-9(2)19-7-22(14)17/h5-7H,1-4H3. The number of nitrogens with zero attached hydrogens (tertiary/aromatic N) is 4. The first-order valence-electron chi connectivity index (χ1n) is 7.34. The van der Waals surface area contributed by atoms with Gasteiger partial charge in [0.15, 0.2) is 0 Å². The average Bonchev–Trinajstić information content (AvgIpc) is 3.04. The van der Waals surface area contributed by atoms with Crippen molar-refractivity contribution >= 4 is 16.6 Å². The van der Waals surface area contributed by atoms with Crippen LogP contribution >= 0.6 is 0 Å². The molecule has 0 fully saturated rings. The second-order valence-corrected chi connectivity index (χ2v) is 5.77. The molecule has 0 radical (unpaired) electrons. The largest absolute Gasteiger partial charge is 0.361 e. The molecule has 0 bridgehead atoms. The highest BCUT2D eigenvalue weighted by Crippen LogP contribution is 2.34. The van der Waals surface area contributed by atoms with Gasteiger partial charge in [-0.25, -0.2) is 14.4 Å². The van der Waals surface area contributed by atoms with Crippen LogP contribution in [0.15, 0.2) is 23.0 Å². The lowest BCUT2D eigenvalue weighted by atomic mass is 10.0. The smallest absolute Gasteiger partial charge is 0.141 e. The molecule has 3 heterocycles. The third kappa shape index (κ3) is 1.87. The van der Waals surface area contributed by atoms with Gasteiger partial charge >= 0.3 is 0 Å². The van der Waals surface area contributed by atoms with E-state index in [0.717, 1.165) is 28.2 Å². The van der Waals surface area contributed by atoms with E-state index in [1.54, 1.807) is 6.33 Å². The highest BCUT2D eigenvalue weighted by atomic mass is 19.1. The maximum atomic E-state index is 14.3. The summed E-state index contributed by atoms with van der Waals surface area (Å²) in [7, 11) is 0. The van der Waals surface area contributed by atoms with E-state index < -0.39 is 0 Å². The Bertz CT molecular complexity index is 1060. The van der Waals surface area contributed by atoms with Gasteiger partial charge in [-0.3, -0.25) is 4.40 Å². The second kappa shape index (κ2) is 4.62. The van der Waals surface area contributed by atoms with Gasteiger partial charge in [0.2, 0.25) is 0 Å². The van der Waals surface area contributed by atoms with Crippen LogP contribution < -0.4 is 0 Å². The Labute approximate surface area is 131 Å². The monoisotopic (exact) mass is 310 g/mol. The number of aromatic nitrogens is 4. The van der Waals surface area contributed by atoms with Crippen LogP contribution in [0.3, 0.4) is 0 Å². The summed E-state index contributed by atoms with van der Waals surface area (Å²) in [5, 5.41) is 3.97. The molecule has 0 unspecified atom stereocenters. The van der Waals surface area contributed by atoms with Crippen molar-refractivity contribution in [3.05, 3.63) is 47.1 Å². The SMILES string of the molecule is Cc1noc(C)c1-c1cc(F)cc2c1nc(C)c1c(C)ncn12. The fraction of sp³-hybridized carbons (Fsp3) is 0.235. The van der Waals surface area contributed by atoms with Crippen molar-refractivity contribution in [3.8, 4) is 11.1 Å². The van der Waals surface area contributed by atoms with Crippen molar-refractivity contribution in [2.75, 3.05) is 0 Å². The lowest BCUT2D eigenvalue weighted by Crippen LogP contribution is -1.98. The van der Waals surface area contributed by atoms with Gasteiger partial charge in [0.05, 0.1) is 33.6 Å². The van der Waals surface area contributed by atoms with Gasteiger partial charge in [-0.15, -0.1) is 0 Å². The molecule has 0 atom stereocenters. The summed E-state index contributed by atoms with van der Waals surface area (Å²) in [5.41, 5.74) is 6.23. The summed E-state index contributed by atoms with van der Waals surface area (Å²) in [6, 6.07) is 2.97. The minimum atomic E-state index is -0.328. The lowest BCUT2D eigenvalue weighted by molar-refractivity contribution is 0.393. The predicted octanol–water partition coefficient (Wildman–Crippen LogP) is 3.91. The fourth-order valence-electron chi connectivity index (χ4n) is 3.22. The zero-order chi connectivity index (χ0) is 16.3. The zero-order valence-corrected chi connectivity index (χ0v) is 13.3. The van der Waals surface area contributed by atoms with E-state index in [1.165, 1.54) is 12.1 Å². The van der Waals surface area contributed by atoms with Gasteiger partial charge in [0.25, 0.3) is 0 Å². The first kappa shape index (κ1) is 13.9. The molecule has 0 amide bonds. The van der Waals surface area contributed by atoms with E-state index in [4.69, 9.17) is 9.51 Å². The van der Waals surface area contributed by atoms with Crippen LogP contribution in [-0.4, -0.2) is 19.5 Å². The number of fused-ring (bicyclic) bond motifs is 3. The predicted molar refractivity (Wildman–Crippen MR) is 84.9 cm³/mol. The first-order chi connectivity index (χ1) is 11.0. The van der Waals surface area contributed by atoms with Gasteiger partial charge in [0, 0.05) is 17.2 Å². The molecule has 0 aliphatic rings. The van der Waals surface area contributed by atoms with E-state index in [9.17, 15) is 4.39 Å². The Kier molecular flexibility index (Phi) is 2.78. The Balaban J connectivity index is 2.22. The zero-order valence-electron chi connectivity index (χ0n) is 13.3. The molecule has 4 rings (SSSR count). The van der Waals surface area contributed by atoms with Crippen molar-refractivity contribution in [1.82, 2.24) is 19.5 Å². The van der Waals surface area contributed by atoms with E-state index in [1.807, 2.05) is 32.1 Å². The van der Waals surface area contributed by atoms with E-state index in [0.29, 0.717) is 22.4 Å². The van der Waals surface area contributed by atoms with Crippen molar-refractivity contribution in [2.24, 2.45) is 0 Å². The maximum absolute atomic E-state index is 14.3. The molecule has 6 heteroatoms. The number of rotatable bonds is 1. The molecule has 4 aromatic rings. The maximum Gasteiger partial charge on any atom is 0.141 e. The number of imidazole rings is 1. The Hall–Kier alpha value is -2.76. The van der Waals surface area contributed by atoms with Gasteiger partial charge in [0.1, 0.15) is 17.9 Å². The molecule has 0 N–H and O–H groups in total. The molecule has 1 aromatic carbocycles. The number of aryl methyl sites for hydroxylation is 4. The second-order valence-electron chi connectivity index (χ2n) is 5.77. The van der Waals surface area contributed by atoms with Gasteiger partial charge in [-0.2, -0.15) is 0 Å². The molecule has 5 nitrogen and oxygen atoms in total. The normalized spacial score (nSPS) is 11.7. The highest BCUT2D eigenvalue weighted by Gasteiger charge is 2.19. The van der Waals surface area contributed by atoms with Crippen LogP contribution in [0.25, 0.3) is 27.7 Å². The minimum Gasteiger partial charge on any atom is -0.361 e. The third-order valence-corrected chi connectivity index (χ3v) is 4.19. The summed E-state index contributed by atoms with van der Waals surface area (Å²) in [6.45, 7) is 7.52. The van der Waals surface area contributed by atoms with E-state index in [2.05, 4.69) is 10.1 Å². The summed E-state index contributed by atoms with van der Waals surface area (Å²) in [6.07, 6.45) is 1.71. The molecule has 0 saturated heterocycles. The van der Waals surface area contributed by atoms with Crippen molar-refractivity contribution in [3.63, 3.8) is 0 Å². The van der Waals surface area contributed by atoms with Crippen LogP contribution in [-0.2, 0) is 0 Å². The number of hydrogen-bond donors (Lipinski definition) is 0. The molecular formula is C17H15FN4O. The molecule has 0 aliphatic carbocycles. The van der Waals surface area contributed by atoms with Gasteiger partial charge in [-0.1, -0.05) is 5.16 Å². The Morgan fingerprint density at radius 2 is 1.83 bits per heavy atom. The molecule has 0 saturated carbocycles. The first-order valence-corrected chi connectivity index (χ1v) is 7.34. The molecule has 0 aliphatic heterocycles. The Morgan fingerprint density at radius 3 is 2.52 bits per heavy atom. The van der Waals surface area contributed by atoms with Crippen LogP contribution in [0, 0.1) is 33.5 Å². The number of hydrogen-bond acceptors (Lipinski definition) is 4. The summed E-state index contributed by atoms with van der Waals surface area (Å²) < 4.78 is 21.4. The van der Waals surface area contributed by atoms with Crippen molar-refractivity contribution in [2.45, 2.75) is 27.7 Å². The molecule has 3 aromatic heterocycles. The average molecular weight is 310 g/mol. The molecule has 0 spiro atoms. The highest BCUT2D eigenvalue weighted by molar-refractivity contribution is 5.94. The summed E-state index contributed by atoms with van der Waals surface area (Å²) in [4.78, 5) is 9.05. The lowest BCUT2D eigenvalue weighted by Gasteiger charge is -2.10. The summed E-state index contributed by atoms with van der Waals surface area (Å²) in [5.74, 6) is 0.321. The van der Waals surface area contributed by atoms with Crippen LogP contribution in [0.2, 0.25) is 0 Å². The number of benzene rings is 1. The minimum absolute atomic E-state index is 0.328. The van der Waals surface area contributed by atoms with Crippen LogP contribution in [0.5, 0.6) is 0 Å². The fourth-order valence-corrected chi connectivity index (χ4v) is 3.22. The van der Waals surface area contributed by atoms with Crippen LogP contribution in [0.1, 0.15) is 22.8 Å². The summed E-state index contributed by atoms with van der Waals surface area (Å²) >= 11 is 0. The van der Waals surface area contributed by atoms with Crippen molar-refractivity contribution in [1.29, 1.82) is 0 Å². The third-order valence-electron chi connectivity index (χ3n) is 4.19. The Morgan fingerprint density at radius 1 is 1.04 bits per heavy atom. The van der Waals surface area contributed by atoms with Crippen molar-refractivity contribution < 1.29 is 8.91 Å². The molecular weight excluding hydrogens is 295 g/mol. The van der Waals surface area contributed by atoms with Gasteiger partial charge in [-0.05, 0) is 33.8 Å². The number of halogens is 1. The van der Waals surface area contributed by atoms with E-state index >= 15 is 0 Å². The molecule has 23 heavy (non-hydrogen) atoms. The molecule has 116 valence electrons. The topological polar surface area (TPSA) is 56.2 Å². The van der Waals surface area contributed by atoms with E-state index in [-0.39, 0.29) is 5.82 Å². The quantitative estimate of drug-likeness (QED) is 0.535. The van der Waals surface area contributed by atoms with Gasteiger partial charge < -0.3 is 4.52 Å². The van der Waals surface area contributed by atoms with Crippen LogP contribution in [0.4, 0.5) is 4.39 Å².